The zero-order valence-corrected chi connectivity index (χ0v) is 8.33. The lowest BCUT2D eigenvalue weighted by atomic mass is 10.0. The van der Waals surface area contributed by atoms with E-state index in [1.54, 1.807) is 6.20 Å². The Labute approximate surface area is 78.9 Å². The lowest BCUT2D eigenvalue weighted by Crippen LogP contribution is -2.02. The van der Waals surface area contributed by atoms with E-state index in [0.717, 1.165) is 22.4 Å². The maximum atomic E-state index is 9.73. The van der Waals surface area contributed by atoms with E-state index in [1.807, 2.05) is 26.8 Å². The van der Waals surface area contributed by atoms with Crippen LogP contribution in [0, 0.1) is 13.8 Å². The third-order valence-electron chi connectivity index (χ3n) is 2.05. The Balaban J connectivity index is 3.08. The molecule has 0 aliphatic heterocycles. The molecule has 2 nitrogen and oxygen atoms in total. The highest BCUT2D eigenvalue weighted by atomic mass is 16.3. The molecule has 0 saturated heterocycles. The monoisotopic (exact) mass is 177 g/mol. The third-order valence-corrected chi connectivity index (χ3v) is 2.05. The lowest BCUT2D eigenvalue weighted by molar-refractivity contribution is 0.215. The number of aromatic nitrogens is 1. The molecule has 0 aliphatic carbocycles. The Morgan fingerprint density at radius 1 is 1.54 bits per heavy atom. The van der Waals surface area contributed by atoms with Crippen molar-refractivity contribution in [1.29, 1.82) is 0 Å². The number of aliphatic hydroxyl groups is 1. The minimum Gasteiger partial charge on any atom is -0.384 e. The molecule has 13 heavy (non-hydrogen) atoms. The van der Waals surface area contributed by atoms with Crippen LogP contribution in [0.25, 0.3) is 0 Å². The van der Waals surface area contributed by atoms with Gasteiger partial charge in [0.05, 0.1) is 0 Å². The van der Waals surface area contributed by atoms with Crippen molar-refractivity contribution in [3.8, 4) is 0 Å². The number of nitrogens with zero attached hydrogens (tertiary/aromatic N) is 1. The molecule has 0 saturated carbocycles. The Morgan fingerprint density at radius 3 is 2.62 bits per heavy atom. The van der Waals surface area contributed by atoms with E-state index in [-0.39, 0.29) is 0 Å². The summed E-state index contributed by atoms with van der Waals surface area (Å²) in [6.07, 6.45) is 1.12. The van der Waals surface area contributed by atoms with Crippen molar-refractivity contribution in [3.05, 3.63) is 41.2 Å². The molecule has 1 atom stereocenters. The summed E-state index contributed by atoms with van der Waals surface area (Å²) >= 11 is 0. The van der Waals surface area contributed by atoms with E-state index < -0.39 is 6.10 Å². The van der Waals surface area contributed by atoms with Gasteiger partial charge in [-0.3, -0.25) is 4.98 Å². The SMILES string of the molecule is C=C(C)C(O)c1cnc(C)cc1C. The smallest absolute Gasteiger partial charge is 0.101 e. The van der Waals surface area contributed by atoms with Crippen LogP contribution in [-0.2, 0) is 0 Å². The molecule has 0 radical (unpaired) electrons. The second-order valence-electron chi connectivity index (χ2n) is 3.43. The van der Waals surface area contributed by atoms with Gasteiger partial charge in [-0.2, -0.15) is 0 Å². The summed E-state index contributed by atoms with van der Waals surface area (Å²) in [5.74, 6) is 0. The van der Waals surface area contributed by atoms with Crippen molar-refractivity contribution in [3.63, 3.8) is 0 Å². The van der Waals surface area contributed by atoms with Crippen molar-refractivity contribution < 1.29 is 5.11 Å². The van der Waals surface area contributed by atoms with Gasteiger partial charge < -0.3 is 5.11 Å². The van der Waals surface area contributed by atoms with Crippen LogP contribution in [-0.4, -0.2) is 10.1 Å². The van der Waals surface area contributed by atoms with E-state index in [9.17, 15) is 5.11 Å². The molecule has 1 unspecified atom stereocenters. The summed E-state index contributed by atoms with van der Waals surface area (Å²) in [4.78, 5) is 4.14. The predicted octanol–water partition coefficient (Wildman–Crippen LogP) is 2.31. The Kier molecular flexibility index (Phi) is 2.83. The number of hydrogen-bond acceptors (Lipinski definition) is 2. The summed E-state index contributed by atoms with van der Waals surface area (Å²) < 4.78 is 0. The van der Waals surface area contributed by atoms with Crippen LogP contribution in [0.1, 0.15) is 29.8 Å². The zero-order valence-electron chi connectivity index (χ0n) is 8.33. The predicted molar refractivity (Wildman–Crippen MR) is 53.5 cm³/mol. The van der Waals surface area contributed by atoms with Gasteiger partial charge in [-0.25, -0.2) is 0 Å². The van der Waals surface area contributed by atoms with E-state index in [0.29, 0.717) is 0 Å². The quantitative estimate of drug-likeness (QED) is 0.703. The average Bonchev–Trinajstić information content (AvgIpc) is 2.03. The number of rotatable bonds is 2. The van der Waals surface area contributed by atoms with Gasteiger partial charge in [-0.1, -0.05) is 6.58 Å². The van der Waals surface area contributed by atoms with Gasteiger partial charge >= 0.3 is 0 Å². The fourth-order valence-corrected chi connectivity index (χ4v) is 1.26. The summed E-state index contributed by atoms with van der Waals surface area (Å²) in [6, 6.07) is 1.96. The highest BCUT2D eigenvalue weighted by molar-refractivity contribution is 5.30. The van der Waals surface area contributed by atoms with Crippen LogP contribution in [0.3, 0.4) is 0 Å². The van der Waals surface area contributed by atoms with Gasteiger partial charge in [0.2, 0.25) is 0 Å². The standard InChI is InChI=1S/C11H15NO/c1-7(2)11(13)10-6-12-9(4)5-8(10)3/h5-6,11,13H,1H2,2-4H3. The summed E-state index contributed by atoms with van der Waals surface area (Å²) in [5.41, 5.74) is 3.62. The van der Waals surface area contributed by atoms with Crippen molar-refractivity contribution in [2.75, 3.05) is 0 Å². The second kappa shape index (κ2) is 3.71. The molecule has 1 rings (SSSR count). The lowest BCUT2D eigenvalue weighted by Gasteiger charge is -2.13. The molecule has 0 aliphatic rings. The van der Waals surface area contributed by atoms with E-state index in [4.69, 9.17) is 0 Å². The van der Waals surface area contributed by atoms with Crippen LogP contribution in [0.4, 0.5) is 0 Å². The average molecular weight is 177 g/mol. The largest absolute Gasteiger partial charge is 0.384 e. The van der Waals surface area contributed by atoms with Crippen LogP contribution in [0.5, 0.6) is 0 Å². The first-order valence-corrected chi connectivity index (χ1v) is 4.29. The van der Waals surface area contributed by atoms with Crippen LogP contribution < -0.4 is 0 Å². The fourth-order valence-electron chi connectivity index (χ4n) is 1.26. The first-order chi connectivity index (χ1) is 6.02. The van der Waals surface area contributed by atoms with Gasteiger partial charge in [0, 0.05) is 17.5 Å². The molecule has 0 bridgehead atoms. The Morgan fingerprint density at radius 2 is 2.15 bits per heavy atom. The Bertz CT molecular complexity index is 331. The molecule has 2 heteroatoms. The number of hydrogen-bond donors (Lipinski definition) is 1. The summed E-state index contributed by atoms with van der Waals surface area (Å²) in [7, 11) is 0. The van der Waals surface area contributed by atoms with Crippen LogP contribution in [0.15, 0.2) is 24.4 Å². The molecule has 1 aromatic heterocycles. The van der Waals surface area contributed by atoms with Gasteiger partial charge in [0.25, 0.3) is 0 Å². The Hall–Kier alpha value is -1.15. The highest BCUT2D eigenvalue weighted by Crippen LogP contribution is 2.22. The molecule has 0 aromatic carbocycles. The topological polar surface area (TPSA) is 33.1 Å². The van der Waals surface area contributed by atoms with E-state index in [1.165, 1.54) is 0 Å². The zero-order chi connectivity index (χ0) is 10.0. The molecule has 1 N–H and O–H groups in total. The number of aliphatic hydroxyl groups excluding tert-OH is 1. The maximum absolute atomic E-state index is 9.73. The molecular weight excluding hydrogens is 162 g/mol. The van der Waals surface area contributed by atoms with Gasteiger partial charge in [0.1, 0.15) is 6.10 Å². The fraction of sp³-hybridized carbons (Fsp3) is 0.364. The second-order valence-corrected chi connectivity index (χ2v) is 3.43. The first-order valence-electron chi connectivity index (χ1n) is 4.29. The molecule has 1 heterocycles. The van der Waals surface area contributed by atoms with Crippen molar-refractivity contribution in [2.45, 2.75) is 26.9 Å². The minimum absolute atomic E-state index is 0.590. The molecular formula is C11H15NO. The number of aryl methyl sites for hydroxylation is 2. The normalized spacial score (nSPS) is 12.6. The van der Waals surface area contributed by atoms with Crippen molar-refractivity contribution in [1.82, 2.24) is 4.98 Å². The van der Waals surface area contributed by atoms with Crippen LogP contribution in [0.2, 0.25) is 0 Å². The van der Waals surface area contributed by atoms with Gasteiger partial charge in [0.15, 0.2) is 0 Å². The van der Waals surface area contributed by atoms with Gasteiger partial charge in [-0.15, -0.1) is 0 Å². The van der Waals surface area contributed by atoms with E-state index >= 15 is 0 Å². The summed E-state index contributed by atoms with van der Waals surface area (Å²) in [6.45, 7) is 9.43. The highest BCUT2D eigenvalue weighted by Gasteiger charge is 2.10. The minimum atomic E-state index is -0.590. The molecule has 0 spiro atoms. The maximum Gasteiger partial charge on any atom is 0.101 e. The van der Waals surface area contributed by atoms with Crippen molar-refractivity contribution in [2.24, 2.45) is 0 Å². The number of pyridine rings is 1. The first kappa shape index (κ1) is 9.93. The molecule has 0 amide bonds. The van der Waals surface area contributed by atoms with Gasteiger partial charge in [-0.05, 0) is 38.0 Å². The van der Waals surface area contributed by atoms with Crippen molar-refractivity contribution >= 4 is 0 Å². The molecule has 0 fully saturated rings. The molecule has 1 aromatic rings. The van der Waals surface area contributed by atoms with E-state index in [2.05, 4.69) is 11.6 Å². The molecule has 70 valence electrons. The van der Waals surface area contributed by atoms with Crippen LogP contribution >= 0.6 is 0 Å². The summed E-state index contributed by atoms with van der Waals surface area (Å²) in [5, 5.41) is 9.73. The third kappa shape index (κ3) is 2.16.